The summed E-state index contributed by atoms with van der Waals surface area (Å²) in [5.41, 5.74) is 1.10. The molecule has 0 bridgehead atoms. The zero-order valence-corrected chi connectivity index (χ0v) is 16.4. The fourth-order valence-corrected chi connectivity index (χ4v) is 4.78. The molecule has 0 aliphatic heterocycles. The Kier molecular flexibility index (Phi) is 5.34. The maximum absolute atomic E-state index is 5.41. The lowest BCUT2D eigenvalue weighted by Crippen LogP contribution is -1.95. The number of benzene rings is 1. The normalized spacial score (nSPS) is 12.5. The van der Waals surface area contributed by atoms with E-state index in [9.17, 15) is 0 Å². The molecule has 18 heavy (non-hydrogen) atoms. The second-order valence-electron chi connectivity index (χ2n) is 3.52. The fourth-order valence-electron chi connectivity index (χ4n) is 1.54. The van der Waals surface area contributed by atoms with E-state index in [-0.39, 0.29) is 4.83 Å². The summed E-state index contributed by atoms with van der Waals surface area (Å²) in [6.07, 6.45) is 0. The molecule has 1 aromatic heterocycles. The topological polar surface area (TPSA) is 9.23 Å². The molecule has 1 aromatic carbocycles. The van der Waals surface area contributed by atoms with Gasteiger partial charge >= 0.3 is 0 Å². The SMILES string of the molecule is COc1ccc(Br)cc1C(Br)c1cc(Br)c(Br)s1. The van der Waals surface area contributed by atoms with Crippen molar-refractivity contribution in [2.24, 2.45) is 0 Å². The first-order valence-corrected chi connectivity index (χ1v) is 9.06. The van der Waals surface area contributed by atoms with Gasteiger partial charge in [-0.25, -0.2) is 0 Å². The van der Waals surface area contributed by atoms with Crippen LogP contribution in [0.2, 0.25) is 0 Å². The van der Waals surface area contributed by atoms with Crippen molar-refractivity contribution in [3.05, 3.63) is 47.4 Å². The summed E-state index contributed by atoms with van der Waals surface area (Å²) in [5, 5.41) is 0. The summed E-state index contributed by atoms with van der Waals surface area (Å²) in [6, 6.07) is 8.11. The summed E-state index contributed by atoms with van der Waals surface area (Å²) in [4.78, 5) is 1.32. The van der Waals surface area contributed by atoms with Gasteiger partial charge in [0.25, 0.3) is 0 Å². The molecule has 0 amide bonds. The van der Waals surface area contributed by atoms with Crippen LogP contribution in [0.25, 0.3) is 0 Å². The smallest absolute Gasteiger partial charge is 0.123 e. The molecule has 0 spiro atoms. The van der Waals surface area contributed by atoms with Crippen LogP contribution in [-0.2, 0) is 0 Å². The number of thiophene rings is 1. The van der Waals surface area contributed by atoms with Crippen LogP contribution in [0.4, 0.5) is 0 Å². The number of alkyl halides is 1. The van der Waals surface area contributed by atoms with Gasteiger partial charge in [-0.05, 0) is 56.1 Å². The van der Waals surface area contributed by atoms with E-state index in [0.29, 0.717) is 0 Å². The predicted molar refractivity (Wildman–Crippen MR) is 91.2 cm³/mol. The molecule has 1 nitrogen and oxygen atoms in total. The van der Waals surface area contributed by atoms with Gasteiger partial charge in [0.05, 0.1) is 15.7 Å². The van der Waals surface area contributed by atoms with Gasteiger partial charge in [0.2, 0.25) is 0 Å². The second-order valence-corrected chi connectivity index (χ2v) is 8.61. The molecule has 6 heteroatoms. The van der Waals surface area contributed by atoms with Crippen molar-refractivity contribution in [1.82, 2.24) is 0 Å². The highest BCUT2D eigenvalue weighted by Crippen LogP contribution is 2.44. The molecule has 0 aliphatic carbocycles. The average molecular weight is 520 g/mol. The van der Waals surface area contributed by atoms with E-state index in [1.54, 1.807) is 18.4 Å². The maximum atomic E-state index is 5.41. The Morgan fingerprint density at radius 2 is 1.89 bits per heavy atom. The van der Waals surface area contributed by atoms with Gasteiger partial charge in [-0.3, -0.25) is 0 Å². The first kappa shape index (κ1) is 15.0. The summed E-state index contributed by atoms with van der Waals surface area (Å²) in [7, 11) is 1.69. The molecular formula is C12H8Br4OS. The second kappa shape index (κ2) is 6.39. The fraction of sp³-hybridized carbons (Fsp3) is 0.167. The van der Waals surface area contributed by atoms with Crippen LogP contribution in [-0.4, -0.2) is 7.11 Å². The standard InChI is InChI=1S/C12H8Br4OS/c1-17-9-3-2-6(13)4-7(9)11(15)10-5-8(14)12(16)18-10/h2-5,11H,1H3. The number of methoxy groups -OCH3 is 1. The molecule has 1 atom stereocenters. The van der Waals surface area contributed by atoms with Gasteiger partial charge in [0.15, 0.2) is 0 Å². The van der Waals surface area contributed by atoms with E-state index in [1.165, 1.54) is 4.88 Å². The zero-order valence-electron chi connectivity index (χ0n) is 9.22. The minimum Gasteiger partial charge on any atom is -0.496 e. The van der Waals surface area contributed by atoms with E-state index in [2.05, 4.69) is 75.9 Å². The first-order chi connectivity index (χ1) is 8.52. The van der Waals surface area contributed by atoms with Crippen LogP contribution in [0.1, 0.15) is 15.3 Å². The number of halogens is 4. The quantitative estimate of drug-likeness (QED) is 0.419. The lowest BCUT2D eigenvalue weighted by molar-refractivity contribution is 0.410. The molecule has 1 heterocycles. The molecule has 96 valence electrons. The Balaban J connectivity index is 2.44. The van der Waals surface area contributed by atoms with E-state index in [4.69, 9.17) is 4.74 Å². The monoisotopic (exact) mass is 516 g/mol. The van der Waals surface area contributed by atoms with Gasteiger partial charge < -0.3 is 4.74 Å². The summed E-state index contributed by atoms with van der Waals surface area (Å²) < 4.78 is 8.61. The lowest BCUT2D eigenvalue weighted by Gasteiger charge is -2.13. The molecule has 0 aliphatic rings. The van der Waals surface area contributed by atoms with E-state index < -0.39 is 0 Å². The molecule has 0 saturated heterocycles. The van der Waals surface area contributed by atoms with Crippen molar-refractivity contribution in [2.45, 2.75) is 4.83 Å². The number of rotatable bonds is 3. The van der Waals surface area contributed by atoms with Gasteiger partial charge in [0, 0.05) is 19.4 Å². The highest BCUT2D eigenvalue weighted by atomic mass is 79.9. The van der Waals surface area contributed by atoms with Crippen LogP contribution < -0.4 is 4.74 Å². The van der Waals surface area contributed by atoms with E-state index in [0.717, 1.165) is 24.0 Å². The zero-order chi connectivity index (χ0) is 13.3. The van der Waals surface area contributed by atoms with Crippen molar-refractivity contribution in [3.63, 3.8) is 0 Å². The van der Waals surface area contributed by atoms with Gasteiger partial charge in [0.1, 0.15) is 5.75 Å². The van der Waals surface area contributed by atoms with Crippen LogP contribution >= 0.6 is 75.1 Å². The minimum absolute atomic E-state index is 0.109. The van der Waals surface area contributed by atoms with Crippen molar-refractivity contribution in [1.29, 1.82) is 0 Å². The van der Waals surface area contributed by atoms with Crippen LogP contribution in [0, 0.1) is 0 Å². The van der Waals surface area contributed by atoms with Crippen LogP contribution in [0.3, 0.4) is 0 Å². The predicted octanol–water partition coefficient (Wildman–Crippen LogP) is 6.53. The molecule has 0 radical (unpaired) electrons. The van der Waals surface area contributed by atoms with Crippen molar-refractivity contribution in [2.75, 3.05) is 7.11 Å². The van der Waals surface area contributed by atoms with Gasteiger partial charge in [-0.2, -0.15) is 0 Å². The molecule has 1 unspecified atom stereocenters. The third-order valence-corrected chi connectivity index (χ3v) is 7.48. The van der Waals surface area contributed by atoms with Crippen molar-refractivity contribution < 1.29 is 4.74 Å². The summed E-state index contributed by atoms with van der Waals surface area (Å²) in [6.45, 7) is 0. The van der Waals surface area contributed by atoms with Crippen LogP contribution in [0.5, 0.6) is 5.75 Å². The van der Waals surface area contributed by atoms with Gasteiger partial charge in [-0.15, -0.1) is 11.3 Å². The number of ether oxygens (including phenoxy) is 1. The Labute approximate surface area is 143 Å². The Hall–Kier alpha value is 0.640. The summed E-state index contributed by atoms with van der Waals surface area (Å²) >= 11 is 16.0. The molecule has 0 saturated carbocycles. The third-order valence-electron chi connectivity index (χ3n) is 2.38. The Morgan fingerprint density at radius 1 is 1.17 bits per heavy atom. The van der Waals surface area contributed by atoms with Crippen LogP contribution in [0.15, 0.2) is 37.0 Å². The highest BCUT2D eigenvalue weighted by Gasteiger charge is 2.19. The molecular weight excluding hydrogens is 512 g/mol. The van der Waals surface area contributed by atoms with Crippen molar-refractivity contribution >= 4 is 75.1 Å². The average Bonchev–Trinajstić information content (AvgIpc) is 2.68. The highest BCUT2D eigenvalue weighted by molar-refractivity contribution is 9.13. The third kappa shape index (κ3) is 3.20. The van der Waals surface area contributed by atoms with E-state index >= 15 is 0 Å². The Morgan fingerprint density at radius 3 is 2.44 bits per heavy atom. The maximum Gasteiger partial charge on any atom is 0.123 e. The molecule has 2 aromatic rings. The van der Waals surface area contributed by atoms with Crippen molar-refractivity contribution in [3.8, 4) is 5.75 Å². The first-order valence-electron chi connectivity index (χ1n) is 4.95. The summed E-state index contributed by atoms with van der Waals surface area (Å²) in [5.74, 6) is 0.876. The number of hydrogen-bond donors (Lipinski definition) is 0. The minimum atomic E-state index is 0.109. The molecule has 2 rings (SSSR count). The molecule has 0 N–H and O–H groups in total. The van der Waals surface area contributed by atoms with Gasteiger partial charge in [-0.1, -0.05) is 31.9 Å². The largest absolute Gasteiger partial charge is 0.496 e. The lowest BCUT2D eigenvalue weighted by atomic mass is 10.1. The number of hydrogen-bond acceptors (Lipinski definition) is 2. The Bertz CT molecular complexity index is 548. The van der Waals surface area contributed by atoms with E-state index in [1.807, 2.05) is 12.1 Å². The molecule has 0 fully saturated rings.